The van der Waals surface area contributed by atoms with E-state index in [9.17, 15) is 4.79 Å². The van der Waals surface area contributed by atoms with Gasteiger partial charge in [-0.25, -0.2) is 0 Å². The zero-order chi connectivity index (χ0) is 11.4. The van der Waals surface area contributed by atoms with Crippen LogP contribution in [0.3, 0.4) is 0 Å². The van der Waals surface area contributed by atoms with Crippen LogP contribution < -0.4 is 0 Å². The lowest BCUT2D eigenvalue weighted by Gasteiger charge is -2.27. The molecule has 1 saturated carbocycles. The molecule has 92 valence electrons. The van der Waals surface area contributed by atoms with E-state index >= 15 is 0 Å². The summed E-state index contributed by atoms with van der Waals surface area (Å²) >= 11 is 0. The van der Waals surface area contributed by atoms with E-state index in [0.717, 1.165) is 39.0 Å². The predicted molar refractivity (Wildman–Crippen MR) is 63.1 cm³/mol. The van der Waals surface area contributed by atoms with Crippen LogP contribution in [0.2, 0.25) is 0 Å². The SMILES string of the molecule is CN(CC1CCOC1)C(=O)C1CCCCC1. The third-order valence-electron chi connectivity index (χ3n) is 3.89. The van der Waals surface area contributed by atoms with Gasteiger partial charge in [-0.05, 0) is 19.3 Å². The Bertz CT molecular complexity index is 230. The summed E-state index contributed by atoms with van der Waals surface area (Å²) in [5.74, 6) is 1.24. The van der Waals surface area contributed by atoms with Gasteiger partial charge >= 0.3 is 0 Å². The molecule has 3 heteroatoms. The van der Waals surface area contributed by atoms with Crippen LogP contribution in [0.1, 0.15) is 38.5 Å². The number of ether oxygens (including phenoxy) is 1. The highest BCUT2D eigenvalue weighted by atomic mass is 16.5. The van der Waals surface area contributed by atoms with Gasteiger partial charge in [-0.3, -0.25) is 4.79 Å². The smallest absolute Gasteiger partial charge is 0.225 e. The van der Waals surface area contributed by atoms with Gasteiger partial charge in [0.2, 0.25) is 5.91 Å². The summed E-state index contributed by atoms with van der Waals surface area (Å²) in [4.78, 5) is 14.1. The molecule has 0 aromatic carbocycles. The van der Waals surface area contributed by atoms with Crippen LogP contribution in [0, 0.1) is 11.8 Å². The van der Waals surface area contributed by atoms with E-state index in [2.05, 4.69) is 0 Å². The minimum absolute atomic E-state index is 0.307. The van der Waals surface area contributed by atoms with Crippen molar-refractivity contribution in [2.45, 2.75) is 38.5 Å². The van der Waals surface area contributed by atoms with Crippen LogP contribution in [-0.2, 0) is 9.53 Å². The lowest BCUT2D eigenvalue weighted by molar-refractivity contribution is -0.135. The van der Waals surface area contributed by atoms with Crippen LogP contribution >= 0.6 is 0 Å². The van der Waals surface area contributed by atoms with E-state index in [1.54, 1.807) is 0 Å². The van der Waals surface area contributed by atoms with Crippen LogP contribution in [0.5, 0.6) is 0 Å². The zero-order valence-electron chi connectivity index (χ0n) is 10.3. The molecule has 0 aromatic heterocycles. The molecular formula is C13H23NO2. The molecule has 2 rings (SSSR count). The molecule has 2 aliphatic rings. The Kier molecular flexibility index (Phi) is 4.22. The van der Waals surface area contributed by atoms with Crippen molar-refractivity contribution in [2.75, 3.05) is 26.8 Å². The molecule has 1 aliphatic heterocycles. The second-order valence-corrected chi connectivity index (χ2v) is 5.28. The molecule has 3 nitrogen and oxygen atoms in total. The molecule has 1 atom stereocenters. The second-order valence-electron chi connectivity index (χ2n) is 5.28. The summed E-state index contributed by atoms with van der Waals surface area (Å²) in [6.45, 7) is 2.59. The molecule has 16 heavy (non-hydrogen) atoms. The fourth-order valence-corrected chi connectivity index (χ4v) is 2.87. The van der Waals surface area contributed by atoms with Gasteiger partial charge in [-0.1, -0.05) is 19.3 Å². The normalized spacial score (nSPS) is 26.9. The average Bonchev–Trinajstić information content (AvgIpc) is 2.82. The zero-order valence-corrected chi connectivity index (χ0v) is 10.3. The lowest BCUT2D eigenvalue weighted by Crippen LogP contribution is -2.37. The Morgan fingerprint density at radius 2 is 2.00 bits per heavy atom. The highest BCUT2D eigenvalue weighted by molar-refractivity contribution is 5.78. The Morgan fingerprint density at radius 3 is 2.62 bits per heavy atom. The molecule has 0 bridgehead atoms. The van der Waals surface area contributed by atoms with E-state index < -0.39 is 0 Å². The maximum absolute atomic E-state index is 12.2. The maximum atomic E-state index is 12.2. The molecular weight excluding hydrogens is 202 g/mol. The quantitative estimate of drug-likeness (QED) is 0.736. The summed E-state index contributed by atoms with van der Waals surface area (Å²) < 4.78 is 5.35. The summed E-state index contributed by atoms with van der Waals surface area (Å²) in [5.41, 5.74) is 0. The van der Waals surface area contributed by atoms with E-state index in [0.29, 0.717) is 17.7 Å². The summed E-state index contributed by atoms with van der Waals surface area (Å²) in [5, 5.41) is 0. The first-order valence-corrected chi connectivity index (χ1v) is 6.60. The number of hydrogen-bond acceptors (Lipinski definition) is 2. The van der Waals surface area contributed by atoms with Crippen molar-refractivity contribution in [3.63, 3.8) is 0 Å². The Hall–Kier alpha value is -0.570. The topological polar surface area (TPSA) is 29.5 Å². The molecule has 0 radical (unpaired) electrons. The third kappa shape index (κ3) is 2.97. The minimum Gasteiger partial charge on any atom is -0.381 e. The van der Waals surface area contributed by atoms with Gasteiger partial charge in [0.25, 0.3) is 0 Å². The van der Waals surface area contributed by atoms with Crippen molar-refractivity contribution in [3.8, 4) is 0 Å². The first-order valence-electron chi connectivity index (χ1n) is 6.60. The van der Waals surface area contributed by atoms with Gasteiger partial charge < -0.3 is 9.64 Å². The molecule has 0 aromatic rings. The minimum atomic E-state index is 0.307. The second kappa shape index (κ2) is 5.67. The Labute approximate surface area is 98.1 Å². The van der Waals surface area contributed by atoms with E-state index in [-0.39, 0.29) is 0 Å². The fraction of sp³-hybridized carbons (Fsp3) is 0.923. The van der Waals surface area contributed by atoms with E-state index in [4.69, 9.17) is 4.74 Å². The van der Waals surface area contributed by atoms with Crippen molar-refractivity contribution < 1.29 is 9.53 Å². The van der Waals surface area contributed by atoms with Crippen molar-refractivity contribution in [1.29, 1.82) is 0 Å². The summed E-state index contributed by atoms with van der Waals surface area (Å²) in [7, 11) is 1.95. The molecule has 1 heterocycles. The van der Waals surface area contributed by atoms with Gasteiger partial charge in [0.1, 0.15) is 0 Å². The lowest BCUT2D eigenvalue weighted by atomic mass is 9.88. The van der Waals surface area contributed by atoms with Crippen LogP contribution in [0.4, 0.5) is 0 Å². The monoisotopic (exact) mass is 225 g/mol. The fourth-order valence-electron chi connectivity index (χ4n) is 2.87. The van der Waals surface area contributed by atoms with Crippen molar-refractivity contribution in [2.24, 2.45) is 11.8 Å². The molecule has 1 unspecified atom stereocenters. The average molecular weight is 225 g/mol. The standard InChI is InChI=1S/C13H23NO2/c1-14(9-11-7-8-16-10-11)13(15)12-5-3-2-4-6-12/h11-12H,2-10H2,1H3. The first-order chi connectivity index (χ1) is 7.77. The molecule has 1 saturated heterocycles. The number of carbonyl (C=O) groups excluding carboxylic acids is 1. The van der Waals surface area contributed by atoms with E-state index in [1.165, 1.54) is 19.3 Å². The molecule has 0 N–H and O–H groups in total. The van der Waals surface area contributed by atoms with Crippen molar-refractivity contribution in [1.82, 2.24) is 4.90 Å². The van der Waals surface area contributed by atoms with Crippen molar-refractivity contribution >= 4 is 5.91 Å². The highest BCUT2D eigenvalue weighted by Crippen LogP contribution is 2.25. The Balaban J connectivity index is 1.78. The number of rotatable bonds is 3. The van der Waals surface area contributed by atoms with Crippen molar-refractivity contribution in [3.05, 3.63) is 0 Å². The first kappa shape index (κ1) is 11.9. The number of nitrogens with zero attached hydrogens (tertiary/aromatic N) is 1. The van der Waals surface area contributed by atoms with Gasteiger partial charge in [0.15, 0.2) is 0 Å². The van der Waals surface area contributed by atoms with Gasteiger partial charge in [0, 0.05) is 32.0 Å². The number of hydrogen-bond donors (Lipinski definition) is 0. The molecule has 1 amide bonds. The van der Waals surface area contributed by atoms with Crippen LogP contribution in [0.15, 0.2) is 0 Å². The van der Waals surface area contributed by atoms with E-state index in [1.807, 2.05) is 11.9 Å². The van der Waals surface area contributed by atoms with Crippen LogP contribution in [0.25, 0.3) is 0 Å². The van der Waals surface area contributed by atoms with Crippen LogP contribution in [-0.4, -0.2) is 37.6 Å². The molecule has 1 aliphatic carbocycles. The highest BCUT2D eigenvalue weighted by Gasteiger charge is 2.26. The largest absolute Gasteiger partial charge is 0.381 e. The maximum Gasteiger partial charge on any atom is 0.225 e. The van der Waals surface area contributed by atoms with Gasteiger partial charge in [0.05, 0.1) is 6.61 Å². The summed E-state index contributed by atoms with van der Waals surface area (Å²) in [6, 6.07) is 0. The Morgan fingerprint density at radius 1 is 1.25 bits per heavy atom. The van der Waals surface area contributed by atoms with Gasteiger partial charge in [-0.15, -0.1) is 0 Å². The number of carbonyl (C=O) groups is 1. The summed E-state index contributed by atoms with van der Waals surface area (Å²) in [6.07, 6.45) is 7.09. The molecule has 2 fully saturated rings. The number of amides is 1. The third-order valence-corrected chi connectivity index (χ3v) is 3.89. The predicted octanol–water partition coefficient (Wildman–Crippen LogP) is 2.06. The molecule has 0 spiro atoms. The van der Waals surface area contributed by atoms with Gasteiger partial charge in [-0.2, -0.15) is 0 Å².